The van der Waals surface area contributed by atoms with Crippen LogP contribution in [0.1, 0.15) is 48.3 Å². The average Bonchev–Trinajstić information content (AvgIpc) is 3.48. The van der Waals surface area contributed by atoms with E-state index in [1.807, 2.05) is 68.0 Å². The van der Waals surface area contributed by atoms with E-state index in [2.05, 4.69) is 26.3 Å². The van der Waals surface area contributed by atoms with Crippen molar-refractivity contribution in [2.75, 3.05) is 5.32 Å². The molecule has 1 amide bonds. The van der Waals surface area contributed by atoms with Gasteiger partial charge in [-0.15, -0.1) is 30.3 Å². The minimum Gasteiger partial charge on any atom is -0.563 e. The van der Waals surface area contributed by atoms with Gasteiger partial charge in [0.05, 0.1) is 11.7 Å². The third-order valence-corrected chi connectivity index (χ3v) is 5.39. The number of nitrogens with zero attached hydrogens (tertiary/aromatic N) is 4. The normalized spacial score (nSPS) is 11.6. The monoisotopic (exact) mass is 511 g/mol. The van der Waals surface area contributed by atoms with Crippen LogP contribution < -0.4 is 62.4 Å². The van der Waals surface area contributed by atoms with Crippen LogP contribution in [0.4, 0.5) is 5.69 Å². The number of aromatic nitrogens is 4. The Kier molecular flexibility index (Phi) is 11.5. The fourth-order valence-electron chi connectivity index (χ4n) is 3.27. The molecule has 0 unspecified atom stereocenters. The number of nitrogens with two attached hydrogens (primary N) is 1. The van der Waals surface area contributed by atoms with E-state index in [0.29, 0.717) is 23.9 Å². The largest absolute Gasteiger partial charge is 1.00 e. The van der Waals surface area contributed by atoms with Crippen molar-refractivity contribution >= 4 is 29.7 Å². The predicted octanol–water partition coefficient (Wildman–Crippen LogP) is 1.16. The number of amides is 1. The molecule has 0 radical (unpaired) electrons. The van der Waals surface area contributed by atoms with Crippen molar-refractivity contribution in [2.45, 2.75) is 39.5 Å². The van der Waals surface area contributed by atoms with Gasteiger partial charge in [-0.3, -0.25) is 4.79 Å². The number of hydrogen-bond acceptors (Lipinski definition) is 7. The van der Waals surface area contributed by atoms with E-state index >= 15 is 0 Å². The van der Waals surface area contributed by atoms with Crippen LogP contribution in [0, 0.1) is 31.1 Å². The third kappa shape index (κ3) is 7.58. The number of hydrogen-bond donors (Lipinski definition) is 4. The number of anilines is 1. The summed E-state index contributed by atoms with van der Waals surface area (Å²) in [5.74, 6) is 1.74. The van der Waals surface area contributed by atoms with Crippen molar-refractivity contribution in [3.05, 3.63) is 71.7 Å². The Morgan fingerprint density at radius 1 is 1.28 bits per heavy atom. The summed E-state index contributed by atoms with van der Waals surface area (Å²) in [4.78, 5) is 14.9. The molecule has 1 fully saturated rings. The van der Waals surface area contributed by atoms with E-state index in [1.165, 1.54) is 6.34 Å². The summed E-state index contributed by atoms with van der Waals surface area (Å²) in [6, 6.07) is 9.60. The van der Waals surface area contributed by atoms with E-state index in [1.54, 1.807) is 6.42 Å². The Balaban J connectivity index is 0.000000229. The van der Waals surface area contributed by atoms with Gasteiger partial charge in [-0.25, -0.2) is 10.9 Å². The molecule has 1 aromatic carbocycles. The van der Waals surface area contributed by atoms with Crippen LogP contribution in [-0.2, 0) is 4.79 Å². The molecule has 11 heteroatoms. The first-order chi connectivity index (χ1) is 16.9. The zero-order valence-corrected chi connectivity index (χ0v) is 24.0. The number of aryl methyl sites for hydroxylation is 2. The van der Waals surface area contributed by atoms with Crippen LogP contribution >= 0.6 is 0 Å². The number of pyridine rings is 1. The topological polar surface area (TPSA) is 159 Å². The zero-order chi connectivity index (χ0) is 25.4. The number of benzene rings is 1. The van der Waals surface area contributed by atoms with Gasteiger partial charge in [-0.05, 0) is 43.9 Å². The maximum atomic E-state index is 10.5. The summed E-state index contributed by atoms with van der Waals surface area (Å²) in [6.07, 6.45) is 9.94. The summed E-state index contributed by atoms with van der Waals surface area (Å²) in [5.41, 5.74) is 10.6. The number of nitrogens with one attached hydrogen (secondary N) is 3. The van der Waals surface area contributed by atoms with Crippen molar-refractivity contribution in [1.29, 1.82) is 10.8 Å². The smallest absolute Gasteiger partial charge is 0.563 e. The van der Waals surface area contributed by atoms with Crippen molar-refractivity contribution in [3.8, 4) is 11.4 Å². The number of carbonyl (C=O) groups excluding carboxylic acids is 1. The first kappa shape index (κ1) is 29.4. The summed E-state index contributed by atoms with van der Waals surface area (Å²) < 4.78 is 7.04. The van der Waals surface area contributed by atoms with Crippen LogP contribution in [0.25, 0.3) is 16.9 Å². The molecule has 1 aliphatic rings. The van der Waals surface area contributed by atoms with Gasteiger partial charge in [-0.2, -0.15) is 10.1 Å². The van der Waals surface area contributed by atoms with E-state index in [-0.39, 0.29) is 51.4 Å². The molecular formula is C25H28KN8O2-. The van der Waals surface area contributed by atoms with Gasteiger partial charge >= 0.3 is 51.4 Å². The van der Waals surface area contributed by atoms with E-state index < -0.39 is 0 Å². The maximum absolute atomic E-state index is 10.5. The quantitative estimate of drug-likeness (QED) is 0.0759. The molecule has 0 bridgehead atoms. The van der Waals surface area contributed by atoms with Crippen molar-refractivity contribution in [3.63, 3.8) is 0 Å². The van der Waals surface area contributed by atoms with Gasteiger partial charge in [0.2, 0.25) is 18.1 Å². The third-order valence-electron chi connectivity index (χ3n) is 5.39. The first-order valence-corrected chi connectivity index (χ1v) is 11.0. The second-order valence-corrected chi connectivity index (χ2v) is 7.94. The van der Waals surface area contributed by atoms with E-state index in [9.17, 15) is 4.79 Å². The SMILES string of the molecule is C[CH-]C(=N)c1ccn2ncc(C)c2c1.Cc1ccc(-c2noc(C3CC3)n2)cc1NC=O.N=[C-]N.[K+]. The van der Waals surface area contributed by atoms with Crippen molar-refractivity contribution < 1.29 is 60.7 Å². The fourth-order valence-corrected chi connectivity index (χ4v) is 3.27. The predicted molar refractivity (Wildman–Crippen MR) is 135 cm³/mol. The van der Waals surface area contributed by atoms with Crippen molar-refractivity contribution in [2.24, 2.45) is 5.73 Å². The van der Waals surface area contributed by atoms with Gasteiger partial charge in [0.1, 0.15) is 0 Å². The molecular weight excluding hydrogens is 483 g/mol. The molecule has 1 saturated carbocycles. The first-order valence-electron chi connectivity index (χ1n) is 11.0. The van der Waals surface area contributed by atoms with Gasteiger partial charge < -0.3 is 32.7 Å². The number of carbonyl (C=O) groups is 1. The van der Waals surface area contributed by atoms with Crippen LogP contribution in [0.5, 0.6) is 0 Å². The molecule has 1 aliphatic carbocycles. The second kappa shape index (κ2) is 14.0. The Bertz CT molecular complexity index is 1330. The van der Waals surface area contributed by atoms with E-state index in [0.717, 1.165) is 52.2 Å². The van der Waals surface area contributed by atoms with Crippen molar-refractivity contribution in [1.82, 2.24) is 19.8 Å². The second-order valence-electron chi connectivity index (χ2n) is 7.94. The van der Waals surface area contributed by atoms with E-state index in [4.69, 9.17) is 15.3 Å². The Morgan fingerprint density at radius 2 is 2.00 bits per heavy atom. The summed E-state index contributed by atoms with van der Waals surface area (Å²) >= 11 is 0. The Hall–Kier alpha value is -2.83. The molecule has 182 valence electrons. The van der Waals surface area contributed by atoms with Crippen LogP contribution in [0.15, 0.2) is 47.2 Å². The maximum Gasteiger partial charge on any atom is 1.00 e. The molecule has 5 rings (SSSR count). The molecule has 10 nitrogen and oxygen atoms in total. The van der Waals surface area contributed by atoms with Gasteiger partial charge in [0.25, 0.3) is 0 Å². The number of rotatable bonds is 6. The summed E-state index contributed by atoms with van der Waals surface area (Å²) in [7, 11) is 0. The Labute approximate surface area is 252 Å². The molecule has 36 heavy (non-hydrogen) atoms. The van der Waals surface area contributed by atoms with Gasteiger partial charge in [-0.1, -0.05) is 17.3 Å². The summed E-state index contributed by atoms with van der Waals surface area (Å²) in [6.45, 7) is 5.82. The van der Waals surface area contributed by atoms with Crippen LogP contribution in [0.3, 0.4) is 0 Å². The fraction of sp³-hybridized carbons (Fsp3) is 0.240. The summed E-state index contributed by atoms with van der Waals surface area (Å²) in [5, 5.41) is 24.2. The Morgan fingerprint density at radius 3 is 2.64 bits per heavy atom. The standard InChI is InChI=1S/C13H13N3O2.C11H12N3.CH3N2.K/c1-8-2-3-10(6-11(8)14-7-17)12-15-13(18-16-12)9-4-5-9;1-3-10(12)9-4-5-14-11(6-9)8(2)7-13-14;2-1-3;/h2-3,6-7,9H,4-5H2,1H3,(H,14,17);3-7,12H,1-2H3;(H3,2,3);/q;2*-1;+1. The molecule has 4 aromatic rings. The molecule has 0 spiro atoms. The zero-order valence-electron chi connectivity index (χ0n) is 20.9. The minimum absolute atomic E-state index is 0. The average molecular weight is 512 g/mol. The minimum atomic E-state index is 0. The van der Waals surface area contributed by atoms with Crippen LogP contribution in [0.2, 0.25) is 0 Å². The molecule has 0 atom stereocenters. The molecule has 3 aromatic heterocycles. The molecule has 5 N–H and O–H groups in total. The molecule has 3 heterocycles. The van der Waals surface area contributed by atoms with Gasteiger partial charge in [0.15, 0.2) is 0 Å². The number of fused-ring (bicyclic) bond motifs is 1. The molecule has 0 saturated heterocycles. The van der Waals surface area contributed by atoms with Gasteiger partial charge in [0, 0.05) is 23.4 Å². The molecule has 0 aliphatic heterocycles. The van der Waals surface area contributed by atoms with Crippen LogP contribution in [-0.4, -0.2) is 38.2 Å².